The van der Waals surface area contributed by atoms with Crippen molar-refractivity contribution in [3.63, 3.8) is 0 Å². The van der Waals surface area contributed by atoms with E-state index in [1.165, 1.54) is 0 Å². The number of nitrogens with zero attached hydrogens (tertiary/aromatic N) is 1. The zero-order valence-corrected chi connectivity index (χ0v) is 15.6. The van der Waals surface area contributed by atoms with Gasteiger partial charge in [0.1, 0.15) is 5.75 Å². The van der Waals surface area contributed by atoms with Crippen LogP contribution in [-0.4, -0.2) is 55.6 Å². The minimum Gasteiger partial charge on any atom is -0.481 e. The maximum Gasteiger partial charge on any atom is 0.263 e. The number of methoxy groups -OCH3 is 1. The zero-order valence-electron chi connectivity index (χ0n) is 14.8. The van der Waals surface area contributed by atoms with Crippen LogP contribution in [0.4, 0.5) is 0 Å². The summed E-state index contributed by atoms with van der Waals surface area (Å²) in [5.41, 5.74) is 6.36. The van der Waals surface area contributed by atoms with E-state index in [2.05, 4.69) is 5.32 Å². The largest absolute Gasteiger partial charge is 0.481 e. The SMILES string of the molecule is COCc1cc(C(N)=O)ccc1OC(C)C(=O)N1CCNCC1C.Cl. The lowest BCUT2D eigenvalue weighted by Crippen LogP contribution is -2.55. The van der Waals surface area contributed by atoms with Crippen LogP contribution < -0.4 is 15.8 Å². The number of amides is 2. The number of piperazine rings is 1. The lowest BCUT2D eigenvalue weighted by molar-refractivity contribution is -0.140. The van der Waals surface area contributed by atoms with Gasteiger partial charge in [-0.25, -0.2) is 0 Å². The number of primary amides is 1. The third-order valence-electron chi connectivity index (χ3n) is 4.08. The lowest BCUT2D eigenvalue weighted by atomic mass is 10.1. The molecule has 1 fully saturated rings. The standard InChI is InChI=1S/C17H25N3O4.ClH/c1-11-9-19-6-7-20(11)17(22)12(2)24-15-5-4-13(16(18)21)8-14(15)10-23-3;/h4-5,8,11-12,19H,6-7,9-10H2,1-3H3,(H2,18,21);1H. The van der Waals surface area contributed by atoms with Gasteiger partial charge >= 0.3 is 0 Å². The predicted molar refractivity (Wildman–Crippen MR) is 97.1 cm³/mol. The molecule has 3 N–H and O–H groups in total. The fraction of sp³-hybridized carbons (Fsp3) is 0.529. The second-order valence-electron chi connectivity index (χ2n) is 5.96. The molecule has 0 aromatic heterocycles. The van der Waals surface area contributed by atoms with E-state index in [1.807, 2.05) is 11.8 Å². The Morgan fingerprint density at radius 2 is 2.16 bits per heavy atom. The van der Waals surface area contributed by atoms with Crippen LogP contribution in [0.25, 0.3) is 0 Å². The molecule has 1 aromatic carbocycles. The number of halogens is 1. The smallest absolute Gasteiger partial charge is 0.263 e. The number of hydrogen-bond donors (Lipinski definition) is 2. The van der Waals surface area contributed by atoms with Crippen LogP contribution in [0.1, 0.15) is 29.8 Å². The fourth-order valence-corrected chi connectivity index (χ4v) is 2.76. The Kier molecular flexibility index (Phi) is 8.15. The van der Waals surface area contributed by atoms with E-state index in [9.17, 15) is 9.59 Å². The van der Waals surface area contributed by atoms with Crippen molar-refractivity contribution in [1.29, 1.82) is 0 Å². The Balaban J connectivity index is 0.00000312. The Morgan fingerprint density at radius 1 is 1.44 bits per heavy atom. The van der Waals surface area contributed by atoms with Crippen LogP contribution in [0.15, 0.2) is 18.2 Å². The summed E-state index contributed by atoms with van der Waals surface area (Å²) < 4.78 is 11.0. The van der Waals surface area contributed by atoms with E-state index in [4.69, 9.17) is 15.2 Å². The van der Waals surface area contributed by atoms with Crippen molar-refractivity contribution in [3.8, 4) is 5.75 Å². The molecule has 1 heterocycles. The quantitative estimate of drug-likeness (QED) is 0.776. The molecular formula is C17H26ClN3O4. The highest BCUT2D eigenvalue weighted by Gasteiger charge is 2.28. The normalized spacial score (nSPS) is 18.2. The Labute approximate surface area is 154 Å². The summed E-state index contributed by atoms with van der Waals surface area (Å²) >= 11 is 0. The molecule has 1 aliphatic heterocycles. The molecule has 2 rings (SSSR count). The van der Waals surface area contributed by atoms with Crippen molar-refractivity contribution in [2.45, 2.75) is 32.6 Å². The molecule has 0 spiro atoms. The van der Waals surface area contributed by atoms with Gasteiger partial charge in [-0.3, -0.25) is 9.59 Å². The van der Waals surface area contributed by atoms with Crippen LogP contribution in [-0.2, 0) is 16.1 Å². The molecular weight excluding hydrogens is 346 g/mol. The highest BCUT2D eigenvalue weighted by Crippen LogP contribution is 2.23. The number of carbonyl (C=O) groups excluding carboxylic acids is 2. The average molecular weight is 372 g/mol. The van der Waals surface area contributed by atoms with E-state index < -0.39 is 12.0 Å². The number of hydrogen-bond acceptors (Lipinski definition) is 5. The van der Waals surface area contributed by atoms with E-state index in [1.54, 1.807) is 32.2 Å². The molecule has 2 atom stereocenters. The molecule has 0 radical (unpaired) electrons. The van der Waals surface area contributed by atoms with E-state index in [-0.39, 0.29) is 31.0 Å². The van der Waals surface area contributed by atoms with Crippen molar-refractivity contribution in [2.75, 3.05) is 26.7 Å². The number of nitrogens with one attached hydrogen (secondary N) is 1. The van der Waals surface area contributed by atoms with Crippen molar-refractivity contribution >= 4 is 24.2 Å². The molecule has 2 amide bonds. The molecule has 1 aromatic rings. The molecule has 0 bridgehead atoms. The molecule has 0 saturated carbocycles. The number of rotatable bonds is 6. The van der Waals surface area contributed by atoms with Gasteiger partial charge in [-0.05, 0) is 32.0 Å². The molecule has 0 aliphatic carbocycles. The topological polar surface area (TPSA) is 93.9 Å². The van der Waals surface area contributed by atoms with Gasteiger partial charge in [0, 0.05) is 43.9 Å². The highest BCUT2D eigenvalue weighted by atomic mass is 35.5. The highest BCUT2D eigenvalue weighted by molar-refractivity contribution is 5.93. The summed E-state index contributed by atoms with van der Waals surface area (Å²) in [6.45, 7) is 6.23. The van der Waals surface area contributed by atoms with Gasteiger partial charge in [-0.15, -0.1) is 12.4 Å². The van der Waals surface area contributed by atoms with Crippen LogP contribution in [0.2, 0.25) is 0 Å². The minimum absolute atomic E-state index is 0. The van der Waals surface area contributed by atoms with Gasteiger partial charge in [0.25, 0.3) is 5.91 Å². The monoisotopic (exact) mass is 371 g/mol. The van der Waals surface area contributed by atoms with Gasteiger partial charge in [-0.1, -0.05) is 0 Å². The Morgan fingerprint density at radius 3 is 2.76 bits per heavy atom. The van der Waals surface area contributed by atoms with Crippen molar-refractivity contribution in [1.82, 2.24) is 10.2 Å². The zero-order chi connectivity index (χ0) is 17.7. The second kappa shape index (κ2) is 9.60. The number of ether oxygens (including phenoxy) is 2. The van der Waals surface area contributed by atoms with Gasteiger partial charge in [-0.2, -0.15) is 0 Å². The predicted octanol–water partition coefficient (Wildman–Crippen LogP) is 0.941. The first kappa shape index (κ1) is 21.2. The molecule has 140 valence electrons. The number of benzene rings is 1. The van der Waals surface area contributed by atoms with Gasteiger partial charge < -0.3 is 25.4 Å². The molecule has 7 nitrogen and oxygen atoms in total. The van der Waals surface area contributed by atoms with Gasteiger partial charge in [0.15, 0.2) is 6.10 Å². The Bertz CT molecular complexity index is 612. The van der Waals surface area contributed by atoms with Crippen LogP contribution in [0, 0.1) is 0 Å². The average Bonchev–Trinajstić information content (AvgIpc) is 2.56. The van der Waals surface area contributed by atoms with Gasteiger partial charge in [0.2, 0.25) is 5.91 Å². The molecule has 25 heavy (non-hydrogen) atoms. The maximum atomic E-state index is 12.6. The molecule has 1 aliphatic rings. The fourth-order valence-electron chi connectivity index (χ4n) is 2.76. The summed E-state index contributed by atoms with van der Waals surface area (Å²) in [5, 5.41) is 3.26. The molecule has 2 unspecified atom stereocenters. The summed E-state index contributed by atoms with van der Waals surface area (Å²) in [6.07, 6.45) is -0.624. The summed E-state index contributed by atoms with van der Waals surface area (Å²) in [4.78, 5) is 25.8. The molecule has 1 saturated heterocycles. The third-order valence-corrected chi connectivity index (χ3v) is 4.08. The number of carbonyl (C=O) groups is 2. The first-order valence-electron chi connectivity index (χ1n) is 8.03. The second-order valence-corrected chi connectivity index (χ2v) is 5.96. The van der Waals surface area contributed by atoms with Crippen molar-refractivity contribution in [2.24, 2.45) is 5.73 Å². The first-order valence-corrected chi connectivity index (χ1v) is 8.03. The van der Waals surface area contributed by atoms with E-state index in [0.717, 1.165) is 13.1 Å². The minimum atomic E-state index is -0.624. The summed E-state index contributed by atoms with van der Waals surface area (Å²) in [7, 11) is 1.55. The summed E-state index contributed by atoms with van der Waals surface area (Å²) in [6, 6.07) is 5.00. The van der Waals surface area contributed by atoms with Crippen molar-refractivity contribution in [3.05, 3.63) is 29.3 Å². The van der Waals surface area contributed by atoms with Gasteiger partial charge in [0.05, 0.1) is 6.61 Å². The van der Waals surface area contributed by atoms with Crippen molar-refractivity contribution < 1.29 is 19.1 Å². The lowest BCUT2D eigenvalue weighted by Gasteiger charge is -2.35. The third kappa shape index (κ3) is 5.32. The maximum absolute atomic E-state index is 12.6. The van der Waals surface area contributed by atoms with E-state index in [0.29, 0.717) is 23.4 Å². The molecule has 8 heteroatoms. The number of nitrogens with two attached hydrogens (primary N) is 1. The summed E-state index contributed by atoms with van der Waals surface area (Å²) in [5.74, 6) is -0.0468. The van der Waals surface area contributed by atoms with Crippen LogP contribution in [0.3, 0.4) is 0 Å². The Hall–Kier alpha value is -1.83. The first-order chi connectivity index (χ1) is 11.4. The van der Waals surface area contributed by atoms with Crippen LogP contribution >= 0.6 is 12.4 Å². The van der Waals surface area contributed by atoms with Crippen LogP contribution in [0.5, 0.6) is 5.75 Å². The van der Waals surface area contributed by atoms with E-state index >= 15 is 0 Å².